The monoisotopic (exact) mass is 307 g/mol. The standard InChI is InChI=1S/C17H17N5O/c1-17(2,23)6-4-11-8-12-13(10-22(3)15(12)20-9-11)14-5-7-19-16(18)21-14/h5,7-10,23H,1-3H3,(H2,18,19,21). The number of aliphatic hydroxyl groups is 1. The molecule has 0 aliphatic heterocycles. The molecule has 0 saturated heterocycles. The zero-order valence-corrected chi connectivity index (χ0v) is 13.2. The summed E-state index contributed by atoms with van der Waals surface area (Å²) in [7, 11) is 1.92. The fourth-order valence-electron chi connectivity index (χ4n) is 2.28. The average molecular weight is 307 g/mol. The predicted molar refractivity (Wildman–Crippen MR) is 89.3 cm³/mol. The van der Waals surface area contributed by atoms with E-state index in [1.807, 2.05) is 23.9 Å². The van der Waals surface area contributed by atoms with Gasteiger partial charge in [-0.1, -0.05) is 11.8 Å². The maximum Gasteiger partial charge on any atom is 0.220 e. The molecule has 6 heteroatoms. The van der Waals surface area contributed by atoms with Crippen LogP contribution in [-0.2, 0) is 7.05 Å². The van der Waals surface area contributed by atoms with Gasteiger partial charge in [-0.25, -0.2) is 15.0 Å². The largest absolute Gasteiger partial charge is 0.378 e. The maximum atomic E-state index is 9.73. The van der Waals surface area contributed by atoms with Gasteiger partial charge in [0.1, 0.15) is 11.2 Å². The van der Waals surface area contributed by atoms with Crippen LogP contribution in [0, 0.1) is 11.8 Å². The third-order valence-corrected chi connectivity index (χ3v) is 3.28. The molecule has 3 N–H and O–H groups in total. The van der Waals surface area contributed by atoms with Gasteiger partial charge in [-0.05, 0) is 26.0 Å². The van der Waals surface area contributed by atoms with E-state index in [-0.39, 0.29) is 5.95 Å². The SMILES string of the molecule is Cn1cc(-c2ccnc(N)n2)c2cc(C#CC(C)(C)O)cnc21. The molecule has 23 heavy (non-hydrogen) atoms. The summed E-state index contributed by atoms with van der Waals surface area (Å²) in [5.74, 6) is 5.97. The summed E-state index contributed by atoms with van der Waals surface area (Å²) >= 11 is 0. The molecule has 0 bridgehead atoms. The molecule has 3 aromatic rings. The van der Waals surface area contributed by atoms with Crippen LogP contribution in [0.1, 0.15) is 19.4 Å². The Balaban J connectivity index is 2.17. The highest BCUT2D eigenvalue weighted by molar-refractivity contribution is 5.93. The van der Waals surface area contributed by atoms with Crippen LogP contribution in [0.5, 0.6) is 0 Å². The summed E-state index contributed by atoms with van der Waals surface area (Å²) in [6, 6.07) is 3.75. The lowest BCUT2D eigenvalue weighted by Gasteiger charge is -2.06. The molecule has 3 rings (SSSR count). The molecule has 0 aromatic carbocycles. The molecule has 0 spiro atoms. The summed E-state index contributed by atoms with van der Waals surface area (Å²) < 4.78 is 1.93. The Bertz CT molecular complexity index is 941. The lowest BCUT2D eigenvalue weighted by molar-refractivity contribution is 0.143. The molecule has 0 fully saturated rings. The summed E-state index contributed by atoms with van der Waals surface area (Å²) in [5.41, 5.74) is 7.83. The molecule has 116 valence electrons. The number of nitrogens with two attached hydrogens (primary N) is 1. The Kier molecular flexibility index (Phi) is 3.51. The third-order valence-electron chi connectivity index (χ3n) is 3.28. The van der Waals surface area contributed by atoms with E-state index >= 15 is 0 Å². The number of aromatic nitrogens is 4. The second kappa shape index (κ2) is 5.38. The van der Waals surface area contributed by atoms with Crippen LogP contribution in [-0.4, -0.2) is 30.2 Å². The van der Waals surface area contributed by atoms with E-state index in [9.17, 15) is 5.11 Å². The second-order valence-corrected chi connectivity index (χ2v) is 5.86. The Labute approximate surface area is 134 Å². The fourth-order valence-corrected chi connectivity index (χ4v) is 2.28. The minimum absolute atomic E-state index is 0.227. The number of hydrogen-bond acceptors (Lipinski definition) is 5. The smallest absolute Gasteiger partial charge is 0.220 e. The van der Waals surface area contributed by atoms with E-state index in [1.165, 1.54) is 0 Å². The van der Waals surface area contributed by atoms with E-state index in [0.29, 0.717) is 0 Å². The van der Waals surface area contributed by atoms with Gasteiger partial charge < -0.3 is 15.4 Å². The van der Waals surface area contributed by atoms with Crippen molar-refractivity contribution in [3.8, 4) is 23.1 Å². The van der Waals surface area contributed by atoms with E-state index in [4.69, 9.17) is 5.73 Å². The number of pyridine rings is 1. The number of nitrogens with zero attached hydrogens (tertiary/aromatic N) is 4. The quantitative estimate of drug-likeness (QED) is 0.668. The second-order valence-electron chi connectivity index (χ2n) is 5.86. The molecule has 0 radical (unpaired) electrons. The Morgan fingerprint density at radius 3 is 2.78 bits per heavy atom. The lowest BCUT2D eigenvalue weighted by atomic mass is 10.1. The highest BCUT2D eigenvalue weighted by Crippen LogP contribution is 2.28. The van der Waals surface area contributed by atoms with Crippen LogP contribution >= 0.6 is 0 Å². The first-order valence-corrected chi connectivity index (χ1v) is 7.13. The van der Waals surface area contributed by atoms with Gasteiger partial charge in [0.15, 0.2) is 0 Å². The van der Waals surface area contributed by atoms with Crippen LogP contribution in [0.3, 0.4) is 0 Å². The Morgan fingerprint density at radius 1 is 1.30 bits per heavy atom. The first kappa shape index (κ1) is 15.0. The van der Waals surface area contributed by atoms with Crippen molar-refractivity contribution in [1.82, 2.24) is 19.5 Å². The number of nitrogen functional groups attached to an aromatic ring is 1. The van der Waals surface area contributed by atoms with Gasteiger partial charge >= 0.3 is 0 Å². The third kappa shape index (κ3) is 3.15. The van der Waals surface area contributed by atoms with Crippen molar-refractivity contribution < 1.29 is 5.11 Å². The number of hydrogen-bond donors (Lipinski definition) is 2. The Morgan fingerprint density at radius 2 is 2.09 bits per heavy atom. The molecule has 0 atom stereocenters. The van der Waals surface area contributed by atoms with E-state index in [1.54, 1.807) is 32.3 Å². The van der Waals surface area contributed by atoms with Gasteiger partial charge in [0, 0.05) is 42.2 Å². The molecular formula is C17H17N5O. The van der Waals surface area contributed by atoms with Crippen LogP contribution < -0.4 is 5.73 Å². The first-order chi connectivity index (χ1) is 10.8. The first-order valence-electron chi connectivity index (χ1n) is 7.13. The van der Waals surface area contributed by atoms with E-state index < -0.39 is 5.60 Å². The molecule has 3 aromatic heterocycles. The van der Waals surface area contributed by atoms with Crippen molar-refractivity contribution >= 4 is 17.0 Å². The zero-order valence-electron chi connectivity index (χ0n) is 13.2. The van der Waals surface area contributed by atoms with Crippen molar-refractivity contribution in [3.63, 3.8) is 0 Å². The number of anilines is 1. The van der Waals surface area contributed by atoms with Crippen molar-refractivity contribution in [3.05, 3.63) is 36.3 Å². The van der Waals surface area contributed by atoms with Crippen LogP contribution in [0.4, 0.5) is 5.95 Å². The van der Waals surface area contributed by atoms with Crippen LogP contribution in [0.2, 0.25) is 0 Å². The molecule has 3 heterocycles. The maximum absolute atomic E-state index is 9.73. The summed E-state index contributed by atoms with van der Waals surface area (Å²) in [5, 5.41) is 10.7. The molecule has 0 aliphatic rings. The van der Waals surface area contributed by atoms with Crippen molar-refractivity contribution in [2.24, 2.45) is 7.05 Å². The zero-order chi connectivity index (χ0) is 16.6. The van der Waals surface area contributed by atoms with Gasteiger partial charge in [0.2, 0.25) is 5.95 Å². The van der Waals surface area contributed by atoms with E-state index in [2.05, 4.69) is 26.8 Å². The summed E-state index contributed by atoms with van der Waals surface area (Å²) in [6.07, 6.45) is 5.27. The fraction of sp³-hybridized carbons (Fsp3) is 0.235. The topological polar surface area (TPSA) is 89.9 Å². The van der Waals surface area contributed by atoms with Gasteiger partial charge in [-0.2, -0.15) is 0 Å². The Hall–Kier alpha value is -2.91. The predicted octanol–water partition coefficient (Wildman–Crippen LogP) is 1.73. The average Bonchev–Trinajstić information content (AvgIpc) is 2.81. The molecule has 0 saturated carbocycles. The minimum Gasteiger partial charge on any atom is -0.378 e. The van der Waals surface area contributed by atoms with Crippen molar-refractivity contribution in [2.75, 3.05) is 5.73 Å². The molecule has 0 amide bonds. The van der Waals surface area contributed by atoms with Gasteiger partial charge in [-0.3, -0.25) is 0 Å². The van der Waals surface area contributed by atoms with Gasteiger partial charge in [-0.15, -0.1) is 0 Å². The number of fused-ring (bicyclic) bond motifs is 1. The van der Waals surface area contributed by atoms with Gasteiger partial charge in [0.05, 0.1) is 5.69 Å². The van der Waals surface area contributed by atoms with Crippen molar-refractivity contribution in [2.45, 2.75) is 19.4 Å². The van der Waals surface area contributed by atoms with E-state index in [0.717, 1.165) is 27.9 Å². The summed E-state index contributed by atoms with van der Waals surface area (Å²) in [6.45, 7) is 3.28. The summed E-state index contributed by atoms with van der Waals surface area (Å²) in [4.78, 5) is 12.6. The number of aryl methyl sites for hydroxylation is 1. The van der Waals surface area contributed by atoms with Crippen LogP contribution in [0.25, 0.3) is 22.3 Å². The minimum atomic E-state index is -1.05. The normalized spacial score (nSPS) is 11.3. The molecule has 6 nitrogen and oxygen atoms in total. The lowest BCUT2D eigenvalue weighted by Crippen LogP contribution is -2.14. The van der Waals surface area contributed by atoms with Gasteiger partial charge in [0.25, 0.3) is 0 Å². The molecular weight excluding hydrogens is 290 g/mol. The van der Waals surface area contributed by atoms with Crippen molar-refractivity contribution in [1.29, 1.82) is 0 Å². The highest BCUT2D eigenvalue weighted by Gasteiger charge is 2.12. The molecule has 0 aliphatic carbocycles. The number of rotatable bonds is 1. The van der Waals surface area contributed by atoms with Crippen LogP contribution in [0.15, 0.2) is 30.7 Å². The highest BCUT2D eigenvalue weighted by atomic mass is 16.3. The molecule has 0 unspecified atom stereocenters.